The van der Waals surface area contributed by atoms with Gasteiger partial charge in [0, 0.05) is 18.9 Å². The zero-order chi connectivity index (χ0) is 16.9. The molecule has 1 aromatic carbocycles. The number of nitrogens with zero attached hydrogens (tertiary/aromatic N) is 1. The van der Waals surface area contributed by atoms with Crippen LogP contribution in [0.4, 0.5) is 4.79 Å². The van der Waals surface area contributed by atoms with Gasteiger partial charge in [-0.3, -0.25) is 4.98 Å². The van der Waals surface area contributed by atoms with Gasteiger partial charge in [-0.1, -0.05) is 12.1 Å². The van der Waals surface area contributed by atoms with Gasteiger partial charge in [0.2, 0.25) is 10.0 Å². The number of hydrogen-bond donors (Lipinski definition) is 3. The molecule has 1 atom stereocenters. The fourth-order valence-electron chi connectivity index (χ4n) is 1.96. The van der Waals surface area contributed by atoms with Crippen LogP contribution in [0.15, 0.2) is 53.7 Å². The highest BCUT2D eigenvalue weighted by atomic mass is 32.2. The summed E-state index contributed by atoms with van der Waals surface area (Å²) < 4.78 is 22.3. The number of pyridine rings is 1. The van der Waals surface area contributed by atoms with Crippen molar-refractivity contribution >= 4 is 16.1 Å². The summed E-state index contributed by atoms with van der Waals surface area (Å²) in [5.74, 6) is 0. The summed E-state index contributed by atoms with van der Waals surface area (Å²) in [5.41, 5.74) is 1.72. The number of sulfonamides is 1. The minimum Gasteiger partial charge on any atom is -0.334 e. The van der Waals surface area contributed by atoms with Crippen molar-refractivity contribution in [3.63, 3.8) is 0 Å². The van der Waals surface area contributed by atoms with Crippen molar-refractivity contribution in [3.05, 3.63) is 59.9 Å². The molecular formula is C15H18N4O3S. The molecule has 0 radical (unpaired) electrons. The molecule has 0 bridgehead atoms. The molecule has 0 aliphatic carbocycles. The van der Waals surface area contributed by atoms with E-state index in [2.05, 4.69) is 15.6 Å². The predicted octanol–water partition coefficient (Wildman–Crippen LogP) is 1.29. The fourth-order valence-corrected chi connectivity index (χ4v) is 2.48. The first-order valence-electron chi connectivity index (χ1n) is 6.92. The summed E-state index contributed by atoms with van der Waals surface area (Å²) in [7, 11) is -3.70. The Balaban J connectivity index is 1.87. The number of benzene rings is 1. The quantitative estimate of drug-likeness (QED) is 0.764. The Morgan fingerprint density at radius 1 is 1.17 bits per heavy atom. The molecule has 1 aromatic heterocycles. The molecular weight excluding hydrogens is 316 g/mol. The first kappa shape index (κ1) is 16.9. The van der Waals surface area contributed by atoms with E-state index in [0.717, 1.165) is 11.1 Å². The highest BCUT2D eigenvalue weighted by Crippen LogP contribution is 2.10. The second-order valence-electron chi connectivity index (χ2n) is 5.02. The number of aromatic nitrogens is 1. The molecule has 0 saturated heterocycles. The van der Waals surface area contributed by atoms with Crippen LogP contribution in [0.5, 0.6) is 0 Å². The van der Waals surface area contributed by atoms with Crippen LogP contribution in [0.2, 0.25) is 0 Å². The third-order valence-corrected chi connectivity index (χ3v) is 4.19. The SMILES string of the molecule is C[C@H](NC(=O)NCc1ccc(S(N)(=O)=O)cc1)c1ccncc1. The molecule has 0 saturated carbocycles. The lowest BCUT2D eigenvalue weighted by atomic mass is 10.1. The topological polar surface area (TPSA) is 114 Å². The molecule has 0 unspecified atom stereocenters. The molecule has 0 spiro atoms. The lowest BCUT2D eigenvalue weighted by Crippen LogP contribution is -2.36. The number of carbonyl (C=O) groups excluding carboxylic acids is 1. The summed E-state index contributed by atoms with van der Waals surface area (Å²) in [6.07, 6.45) is 3.33. The fraction of sp³-hybridized carbons (Fsp3) is 0.200. The van der Waals surface area contributed by atoms with Gasteiger partial charge in [0.25, 0.3) is 0 Å². The van der Waals surface area contributed by atoms with Gasteiger partial charge in [-0.15, -0.1) is 0 Å². The van der Waals surface area contributed by atoms with Crippen molar-refractivity contribution in [2.75, 3.05) is 0 Å². The van der Waals surface area contributed by atoms with Crippen LogP contribution >= 0.6 is 0 Å². The Morgan fingerprint density at radius 2 is 1.78 bits per heavy atom. The van der Waals surface area contributed by atoms with E-state index in [0.29, 0.717) is 0 Å². The number of urea groups is 1. The summed E-state index contributed by atoms with van der Waals surface area (Å²) in [4.78, 5) is 15.8. The third-order valence-electron chi connectivity index (χ3n) is 3.26. The van der Waals surface area contributed by atoms with Crippen molar-refractivity contribution in [2.24, 2.45) is 5.14 Å². The Labute approximate surface area is 135 Å². The van der Waals surface area contributed by atoms with Crippen molar-refractivity contribution in [1.82, 2.24) is 15.6 Å². The molecule has 2 amide bonds. The van der Waals surface area contributed by atoms with Crippen LogP contribution in [-0.2, 0) is 16.6 Å². The van der Waals surface area contributed by atoms with Crippen molar-refractivity contribution in [2.45, 2.75) is 24.4 Å². The number of amides is 2. The number of primary sulfonamides is 1. The van der Waals surface area contributed by atoms with Gasteiger partial charge in [0.1, 0.15) is 0 Å². The number of rotatable bonds is 5. The lowest BCUT2D eigenvalue weighted by Gasteiger charge is -2.15. The first-order chi connectivity index (χ1) is 10.9. The van der Waals surface area contributed by atoms with E-state index in [-0.39, 0.29) is 23.5 Å². The van der Waals surface area contributed by atoms with E-state index in [4.69, 9.17) is 5.14 Å². The smallest absolute Gasteiger partial charge is 0.315 e. The van der Waals surface area contributed by atoms with E-state index in [1.807, 2.05) is 19.1 Å². The van der Waals surface area contributed by atoms with Crippen LogP contribution in [0, 0.1) is 0 Å². The zero-order valence-electron chi connectivity index (χ0n) is 12.6. The van der Waals surface area contributed by atoms with Gasteiger partial charge in [-0.2, -0.15) is 0 Å². The molecule has 0 aliphatic heterocycles. The minimum absolute atomic E-state index is 0.0389. The average molecular weight is 334 g/mol. The van der Waals surface area contributed by atoms with Crippen LogP contribution in [-0.4, -0.2) is 19.4 Å². The summed E-state index contributed by atoms with van der Waals surface area (Å²) in [6.45, 7) is 2.15. The monoisotopic (exact) mass is 334 g/mol. The van der Waals surface area contributed by atoms with Crippen LogP contribution in [0.1, 0.15) is 24.1 Å². The second-order valence-corrected chi connectivity index (χ2v) is 6.58. The molecule has 4 N–H and O–H groups in total. The standard InChI is InChI=1S/C15H18N4O3S/c1-11(13-6-8-17-9-7-13)19-15(20)18-10-12-2-4-14(5-3-12)23(16,21)22/h2-9,11H,10H2,1H3,(H2,16,21,22)(H2,18,19,20)/t11-/m0/s1. The molecule has 0 fully saturated rings. The molecule has 8 heteroatoms. The van der Waals surface area contributed by atoms with Crippen LogP contribution in [0.3, 0.4) is 0 Å². The normalized spacial score (nSPS) is 12.4. The van der Waals surface area contributed by atoms with Crippen LogP contribution < -0.4 is 15.8 Å². The third kappa shape index (κ3) is 5.04. The zero-order valence-corrected chi connectivity index (χ0v) is 13.4. The van der Waals surface area contributed by atoms with Crippen molar-refractivity contribution in [1.29, 1.82) is 0 Å². The Hall–Kier alpha value is -2.45. The Morgan fingerprint density at radius 3 is 2.35 bits per heavy atom. The summed E-state index contributed by atoms with van der Waals surface area (Å²) >= 11 is 0. The largest absolute Gasteiger partial charge is 0.334 e. The van der Waals surface area contributed by atoms with E-state index in [9.17, 15) is 13.2 Å². The second kappa shape index (κ2) is 7.21. The maximum absolute atomic E-state index is 11.9. The predicted molar refractivity (Wildman–Crippen MR) is 85.8 cm³/mol. The molecule has 2 rings (SSSR count). The number of carbonyl (C=O) groups is 1. The van der Waals surface area contributed by atoms with E-state index < -0.39 is 10.0 Å². The highest BCUT2D eigenvalue weighted by molar-refractivity contribution is 7.89. The van der Waals surface area contributed by atoms with E-state index >= 15 is 0 Å². The molecule has 0 aliphatic rings. The lowest BCUT2D eigenvalue weighted by molar-refractivity contribution is 0.237. The summed E-state index contributed by atoms with van der Waals surface area (Å²) in [5, 5.41) is 10.5. The maximum atomic E-state index is 11.9. The van der Waals surface area contributed by atoms with Crippen LogP contribution in [0.25, 0.3) is 0 Å². The maximum Gasteiger partial charge on any atom is 0.315 e. The van der Waals surface area contributed by atoms with Crippen molar-refractivity contribution < 1.29 is 13.2 Å². The van der Waals surface area contributed by atoms with Gasteiger partial charge in [-0.25, -0.2) is 18.4 Å². The van der Waals surface area contributed by atoms with Crippen molar-refractivity contribution in [3.8, 4) is 0 Å². The van der Waals surface area contributed by atoms with Gasteiger partial charge in [0.05, 0.1) is 10.9 Å². The first-order valence-corrected chi connectivity index (χ1v) is 8.47. The molecule has 23 heavy (non-hydrogen) atoms. The molecule has 2 aromatic rings. The van der Waals surface area contributed by atoms with Gasteiger partial charge < -0.3 is 10.6 Å². The molecule has 122 valence electrons. The molecule has 7 nitrogen and oxygen atoms in total. The molecule has 1 heterocycles. The number of nitrogens with two attached hydrogens (primary N) is 1. The summed E-state index contributed by atoms with van der Waals surface area (Å²) in [6, 6.07) is 9.22. The van der Waals surface area contributed by atoms with Gasteiger partial charge >= 0.3 is 6.03 Å². The number of hydrogen-bond acceptors (Lipinski definition) is 4. The average Bonchev–Trinajstić information content (AvgIpc) is 2.53. The minimum atomic E-state index is -3.70. The Bertz CT molecular complexity index is 761. The van der Waals surface area contributed by atoms with E-state index in [1.54, 1.807) is 24.5 Å². The number of nitrogens with one attached hydrogen (secondary N) is 2. The Kier molecular flexibility index (Phi) is 5.30. The van der Waals surface area contributed by atoms with Gasteiger partial charge in [-0.05, 0) is 42.3 Å². The van der Waals surface area contributed by atoms with Gasteiger partial charge in [0.15, 0.2) is 0 Å². The van der Waals surface area contributed by atoms with E-state index in [1.165, 1.54) is 12.1 Å². The highest BCUT2D eigenvalue weighted by Gasteiger charge is 2.10.